The van der Waals surface area contributed by atoms with E-state index in [-0.39, 0.29) is 0 Å². The zero-order valence-electron chi connectivity index (χ0n) is 12.2. The molecule has 0 spiro atoms. The number of thioether (sulfide) groups is 1. The fourth-order valence-corrected chi connectivity index (χ4v) is 4.43. The van der Waals surface area contributed by atoms with Crippen LogP contribution in [0.2, 0.25) is 0 Å². The van der Waals surface area contributed by atoms with Crippen molar-refractivity contribution in [3.05, 3.63) is 23.5 Å². The molecule has 2 nitrogen and oxygen atoms in total. The van der Waals surface area contributed by atoms with Crippen LogP contribution in [0.1, 0.15) is 50.2 Å². The molecule has 106 valence electrons. The van der Waals surface area contributed by atoms with E-state index in [9.17, 15) is 0 Å². The average molecular weight is 297 g/mol. The first kappa shape index (κ1) is 14.9. The largest absolute Gasteiger partial charge is 0.358 e. The van der Waals surface area contributed by atoms with E-state index in [2.05, 4.69) is 42.5 Å². The molecule has 19 heavy (non-hydrogen) atoms. The molecule has 1 aliphatic carbocycles. The van der Waals surface area contributed by atoms with Gasteiger partial charge in [0, 0.05) is 25.0 Å². The van der Waals surface area contributed by atoms with Crippen LogP contribution in [0.4, 0.5) is 0 Å². The van der Waals surface area contributed by atoms with Crippen LogP contribution < -0.4 is 0 Å². The molecule has 1 aliphatic rings. The van der Waals surface area contributed by atoms with Crippen LogP contribution in [0.5, 0.6) is 0 Å². The average Bonchev–Trinajstić information content (AvgIpc) is 2.84. The molecule has 0 aliphatic heterocycles. The van der Waals surface area contributed by atoms with Crippen LogP contribution in [0.25, 0.3) is 0 Å². The van der Waals surface area contributed by atoms with E-state index in [1.165, 1.54) is 31.4 Å². The maximum atomic E-state index is 5.55. The molecule has 1 atom stereocenters. The summed E-state index contributed by atoms with van der Waals surface area (Å²) in [5, 5.41) is 0.398. The molecule has 0 radical (unpaired) electrons. The second-order valence-electron chi connectivity index (χ2n) is 5.06. The van der Waals surface area contributed by atoms with E-state index in [1.807, 2.05) is 11.8 Å². The van der Waals surface area contributed by atoms with Crippen LogP contribution in [-0.4, -0.2) is 26.9 Å². The highest BCUT2D eigenvalue weighted by Crippen LogP contribution is 2.31. The number of rotatable bonds is 4. The minimum absolute atomic E-state index is 0.398. The Labute approximate surface area is 126 Å². The minimum atomic E-state index is 0.398. The third-order valence-electron chi connectivity index (χ3n) is 3.91. The predicted molar refractivity (Wildman–Crippen MR) is 88.9 cm³/mol. The second-order valence-corrected chi connectivity index (χ2v) is 7.01. The first-order valence-electron chi connectivity index (χ1n) is 7.31. The van der Waals surface area contributed by atoms with Gasteiger partial charge in [-0.3, -0.25) is 0 Å². The Balaban J connectivity index is 2.05. The number of nitrogens with zero attached hydrogens (tertiary/aromatic N) is 2. The Bertz CT molecular complexity index is 435. The molecule has 0 amide bonds. The molecule has 2 rings (SSSR count). The van der Waals surface area contributed by atoms with Gasteiger partial charge in [0.15, 0.2) is 0 Å². The van der Waals surface area contributed by atoms with E-state index >= 15 is 0 Å². The van der Waals surface area contributed by atoms with Crippen LogP contribution in [0.3, 0.4) is 0 Å². The van der Waals surface area contributed by atoms with Gasteiger partial charge in [0.05, 0.1) is 5.37 Å². The monoisotopic (exact) mass is 296 g/mol. The van der Waals surface area contributed by atoms with E-state index < -0.39 is 0 Å². The highest BCUT2D eigenvalue weighted by atomic mass is 32.2. The SMILES string of the molecule is CCN(CC)C(=S)SC(C)n1ccc2c1CCCC2. The summed E-state index contributed by atoms with van der Waals surface area (Å²) in [7, 11) is 0. The zero-order chi connectivity index (χ0) is 13.8. The van der Waals surface area contributed by atoms with Gasteiger partial charge in [0.2, 0.25) is 0 Å². The number of fused-ring (bicyclic) bond motifs is 1. The van der Waals surface area contributed by atoms with Gasteiger partial charge in [-0.05, 0) is 58.1 Å². The van der Waals surface area contributed by atoms with Gasteiger partial charge in [-0.2, -0.15) is 0 Å². The molecule has 0 aromatic carbocycles. The first-order chi connectivity index (χ1) is 9.17. The van der Waals surface area contributed by atoms with Gasteiger partial charge in [0.25, 0.3) is 0 Å². The van der Waals surface area contributed by atoms with Gasteiger partial charge in [-0.1, -0.05) is 24.0 Å². The fraction of sp³-hybridized carbons (Fsp3) is 0.667. The minimum Gasteiger partial charge on any atom is -0.358 e. The van der Waals surface area contributed by atoms with Crippen molar-refractivity contribution in [3.63, 3.8) is 0 Å². The molecule has 0 saturated heterocycles. The summed E-state index contributed by atoms with van der Waals surface area (Å²) in [4.78, 5) is 2.26. The first-order valence-corrected chi connectivity index (χ1v) is 8.60. The van der Waals surface area contributed by atoms with Crippen LogP contribution in [0, 0.1) is 0 Å². The Morgan fingerprint density at radius 3 is 2.74 bits per heavy atom. The lowest BCUT2D eigenvalue weighted by atomic mass is 9.98. The molecular formula is C15H24N2S2. The molecular weight excluding hydrogens is 272 g/mol. The van der Waals surface area contributed by atoms with Gasteiger partial charge < -0.3 is 9.47 Å². The van der Waals surface area contributed by atoms with E-state index in [4.69, 9.17) is 12.2 Å². The third kappa shape index (κ3) is 3.34. The number of thiocarbonyl (C=S) groups is 1. The maximum Gasteiger partial charge on any atom is 0.138 e. The van der Waals surface area contributed by atoms with E-state index in [0.29, 0.717) is 5.37 Å². The smallest absolute Gasteiger partial charge is 0.138 e. The standard InChI is InChI=1S/C15H24N2S2/c1-4-16(5-2)15(18)19-12(3)17-11-10-13-8-6-7-9-14(13)17/h10-12H,4-9H2,1-3H3. The molecule has 1 heterocycles. The summed E-state index contributed by atoms with van der Waals surface area (Å²) in [6, 6.07) is 2.30. The second kappa shape index (κ2) is 6.80. The summed E-state index contributed by atoms with van der Waals surface area (Å²) >= 11 is 7.36. The quantitative estimate of drug-likeness (QED) is 0.768. The molecule has 1 aromatic heterocycles. The van der Waals surface area contributed by atoms with Gasteiger partial charge in [-0.25, -0.2) is 0 Å². The lowest BCUT2D eigenvalue weighted by Crippen LogP contribution is -2.27. The van der Waals surface area contributed by atoms with Crippen LogP contribution in [-0.2, 0) is 12.8 Å². The number of aromatic nitrogens is 1. The lowest BCUT2D eigenvalue weighted by Gasteiger charge is -2.25. The zero-order valence-corrected chi connectivity index (χ0v) is 13.8. The highest BCUT2D eigenvalue weighted by molar-refractivity contribution is 8.22. The molecule has 0 N–H and O–H groups in total. The molecule has 0 fully saturated rings. The Morgan fingerprint density at radius 2 is 2.05 bits per heavy atom. The summed E-state index contributed by atoms with van der Waals surface area (Å²) in [5.41, 5.74) is 3.08. The molecule has 4 heteroatoms. The lowest BCUT2D eigenvalue weighted by molar-refractivity contribution is 0.481. The summed E-state index contributed by atoms with van der Waals surface area (Å²) < 4.78 is 3.45. The van der Waals surface area contributed by atoms with Crippen molar-refractivity contribution < 1.29 is 0 Å². The molecule has 0 bridgehead atoms. The van der Waals surface area contributed by atoms with E-state index in [0.717, 1.165) is 17.4 Å². The van der Waals surface area contributed by atoms with Crippen molar-refractivity contribution in [1.29, 1.82) is 0 Å². The number of hydrogen-bond donors (Lipinski definition) is 0. The van der Waals surface area contributed by atoms with Gasteiger partial charge in [0.1, 0.15) is 4.32 Å². The molecule has 1 unspecified atom stereocenters. The van der Waals surface area contributed by atoms with E-state index in [1.54, 1.807) is 5.56 Å². The van der Waals surface area contributed by atoms with Crippen molar-refractivity contribution in [2.75, 3.05) is 13.1 Å². The van der Waals surface area contributed by atoms with Crippen molar-refractivity contribution in [2.45, 2.75) is 51.8 Å². The normalized spacial score (nSPS) is 15.9. The highest BCUT2D eigenvalue weighted by Gasteiger charge is 2.19. The van der Waals surface area contributed by atoms with Crippen molar-refractivity contribution in [3.8, 4) is 0 Å². The fourth-order valence-electron chi connectivity index (χ4n) is 2.75. The molecule has 0 saturated carbocycles. The van der Waals surface area contributed by atoms with Crippen molar-refractivity contribution >= 4 is 28.3 Å². The summed E-state index contributed by atoms with van der Waals surface area (Å²) in [6.07, 6.45) is 7.40. The Morgan fingerprint density at radius 1 is 1.37 bits per heavy atom. The topological polar surface area (TPSA) is 8.17 Å². The van der Waals surface area contributed by atoms with Gasteiger partial charge in [-0.15, -0.1) is 0 Å². The summed E-state index contributed by atoms with van der Waals surface area (Å²) in [5.74, 6) is 0. The molecule has 1 aromatic rings. The summed E-state index contributed by atoms with van der Waals surface area (Å²) in [6.45, 7) is 8.59. The predicted octanol–water partition coefficient (Wildman–Crippen LogP) is 4.25. The van der Waals surface area contributed by atoms with Crippen molar-refractivity contribution in [1.82, 2.24) is 9.47 Å². The Kier molecular flexibility index (Phi) is 5.34. The number of hydrogen-bond acceptors (Lipinski definition) is 2. The van der Waals surface area contributed by atoms with Crippen molar-refractivity contribution in [2.24, 2.45) is 0 Å². The van der Waals surface area contributed by atoms with Gasteiger partial charge >= 0.3 is 0 Å². The van der Waals surface area contributed by atoms with Crippen LogP contribution in [0.15, 0.2) is 12.3 Å². The third-order valence-corrected chi connectivity index (χ3v) is 5.49. The Hall–Kier alpha value is -0.480. The maximum absolute atomic E-state index is 5.55. The van der Waals surface area contributed by atoms with Crippen LogP contribution >= 0.6 is 24.0 Å². The number of aryl methyl sites for hydroxylation is 1.